The maximum Gasteiger partial charge on any atom is 0.246 e. The molecule has 234 valence electrons. The maximum atomic E-state index is 11.3. The zero-order chi connectivity index (χ0) is 31.6. The van der Waals surface area contributed by atoms with Gasteiger partial charge in [-0.1, -0.05) is 54.6 Å². The summed E-state index contributed by atoms with van der Waals surface area (Å²) < 4.78 is 20.7. The van der Waals surface area contributed by atoms with E-state index in [1.54, 1.807) is 21.3 Å². The lowest BCUT2D eigenvalue weighted by Crippen LogP contribution is -2.39. The number of halogens is 1. The molecule has 1 amide bonds. The minimum atomic E-state index is -0.360. The Morgan fingerprint density at radius 2 is 1.44 bits per heavy atom. The fraction of sp³-hybridized carbons (Fsp3) is 0.375. The van der Waals surface area contributed by atoms with Gasteiger partial charge < -0.3 is 40.2 Å². The molecule has 43 heavy (non-hydrogen) atoms. The molecule has 4 rings (SSSR count). The summed E-state index contributed by atoms with van der Waals surface area (Å²) in [6, 6.07) is 21.9. The van der Waals surface area contributed by atoms with Gasteiger partial charge in [0.25, 0.3) is 0 Å². The molecule has 0 unspecified atom stereocenters. The average molecular weight is 617 g/mol. The summed E-state index contributed by atoms with van der Waals surface area (Å²) in [6.45, 7) is 0.473. The van der Waals surface area contributed by atoms with Crippen LogP contribution < -0.4 is 25.3 Å². The number of nitrogens with one attached hydrogen (secondary N) is 1. The van der Waals surface area contributed by atoms with Crippen LogP contribution in [0.15, 0.2) is 72.8 Å². The van der Waals surface area contributed by atoms with Crippen LogP contribution in [0.4, 0.5) is 0 Å². The number of aliphatic hydroxyl groups is 2. The number of morpholine rings is 1. The van der Waals surface area contributed by atoms with Crippen LogP contribution in [0.2, 0.25) is 0 Å². The number of ether oxygens (including phenoxy) is 4. The quantitative estimate of drug-likeness (QED) is 0.237. The van der Waals surface area contributed by atoms with E-state index in [2.05, 4.69) is 5.32 Å². The van der Waals surface area contributed by atoms with Crippen LogP contribution in [-0.2, 0) is 14.3 Å². The number of nitrogens with two attached hydrogens (primary N) is 1. The second-order valence-corrected chi connectivity index (χ2v) is 9.67. The highest BCUT2D eigenvalue weighted by Gasteiger charge is 2.22. The molecule has 1 saturated heterocycles. The highest BCUT2D eigenvalue weighted by atomic mass is 35.5. The molecule has 3 atom stereocenters. The summed E-state index contributed by atoms with van der Waals surface area (Å²) in [7, 11) is 4.77. The number of ketones is 1. The topological polar surface area (TPSA) is 150 Å². The second-order valence-electron chi connectivity index (χ2n) is 9.41. The molecule has 1 aliphatic heterocycles. The second kappa shape index (κ2) is 19.5. The van der Waals surface area contributed by atoms with Crippen LogP contribution in [0.3, 0.4) is 0 Å². The molecule has 0 radical (unpaired) electrons. The lowest BCUT2D eigenvalue weighted by Gasteiger charge is -2.25. The van der Waals surface area contributed by atoms with E-state index in [1.807, 2.05) is 72.8 Å². The van der Waals surface area contributed by atoms with E-state index in [1.165, 1.54) is 0 Å². The van der Waals surface area contributed by atoms with Gasteiger partial charge >= 0.3 is 0 Å². The van der Waals surface area contributed by atoms with Crippen LogP contribution in [0.25, 0.3) is 0 Å². The van der Waals surface area contributed by atoms with E-state index < -0.39 is 0 Å². The third kappa shape index (κ3) is 11.2. The summed E-state index contributed by atoms with van der Waals surface area (Å²) >= 11 is 5.45. The van der Waals surface area contributed by atoms with Crippen molar-refractivity contribution in [2.75, 3.05) is 53.6 Å². The summed E-state index contributed by atoms with van der Waals surface area (Å²) in [5.41, 5.74) is 8.27. The van der Waals surface area contributed by atoms with Gasteiger partial charge in [0.2, 0.25) is 5.91 Å². The van der Waals surface area contributed by atoms with E-state index in [0.717, 1.165) is 28.2 Å². The van der Waals surface area contributed by atoms with E-state index in [0.29, 0.717) is 12.4 Å². The Morgan fingerprint density at radius 3 is 1.98 bits per heavy atom. The van der Waals surface area contributed by atoms with Gasteiger partial charge in [0.05, 0.1) is 59.1 Å². The van der Waals surface area contributed by atoms with Crippen molar-refractivity contribution in [2.45, 2.75) is 24.4 Å². The third-order valence-electron chi connectivity index (χ3n) is 6.52. The van der Waals surface area contributed by atoms with Crippen LogP contribution in [-0.4, -0.2) is 75.5 Å². The SMILES string of the molecule is COc1ccccc1[C@@H](CO)CC(=O)CCl.COc1ccccc1[C@H](N)CO.COc1ccccc1[C@H]1COCC(=O)N1. The number of hydrogen-bond donors (Lipinski definition) is 4. The Kier molecular flexibility index (Phi) is 16.1. The summed E-state index contributed by atoms with van der Waals surface area (Å²) in [6.07, 6.45) is 0.236. The Bertz CT molecular complexity index is 1280. The van der Waals surface area contributed by atoms with Gasteiger partial charge in [0, 0.05) is 23.5 Å². The zero-order valence-corrected chi connectivity index (χ0v) is 25.5. The molecule has 11 heteroatoms. The normalized spacial score (nSPS) is 15.3. The first kappa shape index (κ1) is 35.5. The van der Waals surface area contributed by atoms with Crippen molar-refractivity contribution in [3.8, 4) is 17.2 Å². The van der Waals surface area contributed by atoms with Gasteiger partial charge in [-0.2, -0.15) is 0 Å². The highest BCUT2D eigenvalue weighted by Crippen LogP contribution is 2.29. The molecule has 3 aromatic carbocycles. The van der Waals surface area contributed by atoms with Gasteiger partial charge in [0.1, 0.15) is 29.6 Å². The van der Waals surface area contributed by atoms with E-state index in [-0.39, 0.29) is 61.8 Å². The average Bonchev–Trinajstić information content (AvgIpc) is 3.07. The molecule has 1 aliphatic rings. The standard InChI is InChI=1S/C12H15ClO3.C11H13NO3.C9H13NO2/c1-16-12-5-3-2-4-11(12)9(8-14)6-10(15)7-13;1-14-10-5-3-2-4-8(10)9-6-15-7-11(13)12-9;1-12-9-5-3-2-4-7(9)8(10)6-11/h2-5,9,14H,6-8H2,1H3;2-5,9H,6-7H2,1H3,(H,12,13);2-5,8,11H,6,10H2,1H3/t2*9-;8-/m111/s1. The number of carbonyl (C=O) groups is 2. The number of alkyl halides is 1. The number of methoxy groups -OCH3 is 3. The molecule has 0 spiro atoms. The number of amides is 1. The number of rotatable bonds is 11. The lowest BCUT2D eigenvalue weighted by atomic mass is 9.94. The number of aliphatic hydroxyl groups excluding tert-OH is 2. The van der Waals surface area contributed by atoms with Crippen molar-refractivity contribution >= 4 is 23.3 Å². The van der Waals surface area contributed by atoms with Crippen LogP contribution in [0.5, 0.6) is 17.2 Å². The number of carbonyl (C=O) groups excluding carboxylic acids is 2. The Morgan fingerprint density at radius 1 is 0.907 bits per heavy atom. The van der Waals surface area contributed by atoms with Crippen LogP contribution in [0.1, 0.15) is 41.1 Å². The number of benzene rings is 3. The van der Waals surface area contributed by atoms with Gasteiger partial charge in [-0.3, -0.25) is 9.59 Å². The van der Waals surface area contributed by atoms with E-state index in [9.17, 15) is 14.7 Å². The first-order valence-corrected chi connectivity index (χ1v) is 14.2. The molecule has 3 aromatic rings. The van der Waals surface area contributed by atoms with E-state index in [4.69, 9.17) is 41.4 Å². The lowest BCUT2D eigenvalue weighted by molar-refractivity contribution is -0.131. The molecule has 1 heterocycles. The minimum Gasteiger partial charge on any atom is -0.496 e. The first-order chi connectivity index (χ1) is 20.8. The third-order valence-corrected chi connectivity index (χ3v) is 6.82. The maximum absolute atomic E-state index is 11.3. The highest BCUT2D eigenvalue weighted by molar-refractivity contribution is 6.27. The van der Waals surface area contributed by atoms with Gasteiger partial charge in [0.15, 0.2) is 0 Å². The molecule has 10 nitrogen and oxygen atoms in total. The Labute approximate surface area is 257 Å². The molecule has 0 saturated carbocycles. The fourth-order valence-electron chi connectivity index (χ4n) is 4.35. The number of para-hydroxylation sites is 3. The molecular weight excluding hydrogens is 576 g/mol. The van der Waals surface area contributed by atoms with Gasteiger partial charge in [-0.15, -0.1) is 11.6 Å². The molecule has 0 bridgehead atoms. The summed E-state index contributed by atoms with van der Waals surface area (Å²) in [5, 5.41) is 21.0. The Hall–Kier alpha value is -3.67. The monoisotopic (exact) mass is 616 g/mol. The number of Topliss-reactive ketones (excluding diaryl/α,β-unsaturated/α-hetero) is 1. The van der Waals surface area contributed by atoms with Crippen molar-refractivity contribution in [2.24, 2.45) is 5.73 Å². The van der Waals surface area contributed by atoms with Crippen molar-refractivity contribution in [3.05, 3.63) is 89.5 Å². The van der Waals surface area contributed by atoms with Gasteiger partial charge in [-0.05, 0) is 23.8 Å². The fourth-order valence-corrected chi connectivity index (χ4v) is 4.46. The smallest absolute Gasteiger partial charge is 0.246 e. The molecule has 0 aliphatic carbocycles. The van der Waals surface area contributed by atoms with Crippen LogP contribution in [0, 0.1) is 0 Å². The van der Waals surface area contributed by atoms with Crippen molar-refractivity contribution < 1.29 is 38.7 Å². The molecule has 1 fully saturated rings. The summed E-state index contributed by atoms with van der Waals surface area (Å²) in [5.74, 6) is 1.74. The Balaban J connectivity index is 0.000000227. The molecular formula is C32H41ClN2O8. The van der Waals surface area contributed by atoms with Crippen molar-refractivity contribution in [1.29, 1.82) is 0 Å². The molecule has 0 aromatic heterocycles. The van der Waals surface area contributed by atoms with Crippen molar-refractivity contribution in [3.63, 3.8) is 0 Å². The largest absolute Gasteiger partial charge is 0.496 e. The van der Waals surface area contributed by atoms with Crippen LogP contribution >= 0.6 is 11.6 Å². The summed E-state index contributed by atoms with van der Waals surface area (Å²) in [4.78, 5) is 22.4. The van der Waals surface area contributed by atoms with E-state index >= 15 is 0 Å². The molecule has 5 N–H and O–H groups in total. The number of hydrogen-bond acceptors (Lipinski definition) is 9. The first-order valence-electron chi connectivity index (χ1n) is 13.6. The van der Waals surface area contributed by atoms with Crippen molar-refractivity contribution in [1.82, 2.24) is 5.32 Å². The predicted octanol–water partition coefficient (Wildman–Crippen LogP) is 3.54. The predicted molar refractivity (Wildman–Crippen MR) is 165 cm³/mol. The van der Waals surface area contributed by atoms with Gasteiger partial charge in [-0.25, -0.2) is 0 Å². The zero-order valence-electron chi connectivity index (χ0n) is 24.7. The minimum absolute atomic E-state index is 0.0222.